The third kappa shape index (κ3) is 11.2. The highest BCUT2D eigenvalue weighted by Gasteiger charge is 2.01. The first-order chi connectivity index (χ1) is 7.16. The summed E-state index contributed by atoms with van der Waals surface area (Å²) in [4.78, 5) is 11.1. The summed E-state index contributed by atoms with van der Waals surface area (Å²) in [6.45, 7) is 5.96. The normalized spacial score (nSPS) is 10.4. The zero-order valence-corrected chi connectivity index (χ0v) is 9.92. The van der Waals surface area contributed by atoms with Crippen LogP contribution in [0.5, 0.6) is 0 Å². The van der Waals surface area contributed by atoms with E-state index in [0.29, 0.717) is 19.1 Å². The molecule has 0 aliphatic carbocycles. The van der Waals surface area contributed by atoms with E-state index in [2.05, 4.69) is 5.32 Å². The van der Waals surface area contributed by atoms with Gasteiger partial charge in [0.25, 0.3) is 0 Å². The molecule has 15 heavy (non-hydrogen) atoms. The summed E-state index contributed by atoms with van der Waals surface area (Å²) in [5, 5.41) is 2.72. The minimum Gasteiger partial charge on any atom is -0.449 e. The maximum atomic E-state index is 11.1. The van der Waals surface area contributed by atoms with E-state index in [1.165, 1.54) is 0 Å². The standard InChI is InChI=1S/C11H24N2O2/c1-10(2)9-15-11(14)13-8-6-4-3-5-7-12/h10H,3-9,12H2,1-2H3,(H,13,14). The molecule has 0 rings (SSSR count). The molecule has 0 saturated heterocycles. The van der Waals surface area contributed by atoms with Gasteiger partial charge in [0.2, 0.25) is 0 Å². The number of hydrogen-bond donors (Lipinski definition) is 2. The van der Waals surface area contributed by atoms with Crippen molar-refractivity contribution in [3.63, 3.8) is 0 Å². The SMILES string of the molecule is CC(C)COC(=O)NCCCCCCN. The molecule has 90 valence electrons. The number of amides is 1. The molecule has 0 saturated carbocycles. The Labute approximate surface area is 92.6 Å². The van der Waals surface area contributed by atoms with Crippen molar-refractivity contribution in [2.75, 3.05) is 19.7 Å². The first-order valence-corrected chi connectivity index (χ1v) is 5.77. The Hall–Kier alpha value is -0.770. The zero-order chi connectivity index (χ0) is 11.5. The number of nitrogens with one attached hydrogen (secondary N) is 1. The van der Waals surface area contributed by atoms with Gasteiger partial charge in [0.1, 0.15) is 0 Å². The van der Waals surface area contributed by atoms with Gasteiger partial charge in [0.05, 0.1) is 6.61 Å². The second-order valence-corrected chi connectivity index (χ2v) is 4.12. The lowest BCUT2D eigenvalue weighted by Crippen LogP contribution is -2.26. The van der Waals surface area contributed by atoms with Gasteiger partial charge in [0.15, 0.2) is 0 Å². The molecule has 0 heterocycles. The van der Waals surface area contributed by atoms with Crippen LogP contribution in [0.25, 0.3) is 0 Å². The Morgan fingerprint density at radius 3 is 2.53 bits per heavy atom. The lowest BCUT2D eigenvalue weighted by Gasteiger charge is -2.08. The van der Waals surface area contributed by atoms with E-state index in [1.54, 1.807) is 0 Å². The molecule has 0 spiro atoms. The van der Waals surface area contributed by atoms with Crippen molar-refractivity contribution in [3.05, 3.63) is 0 Å². The highest BCUT2D eigenvalue weighted by molar-refractivity contribution is 5.66. The van der Waals surface area contributed by atoms with Gasteiger partial charge in [-0.05, 0) is 25.3 Å². The summed E-state index contributed by atoms with van der Waals surface area (Å²) in [6, 6.07) is 0. The Morgan fingerprint density at radius 1 is 1.27 bits per heavy atom. The van der Waals surface area contributed by atoms with Crippen molar-refractivity contribution < 1.29 is 9.53 Å². The van der Waals surface area contributed by atoms with E-state index >= 15 is 0 Å². The average molecular weight is 216 g/mol. The summed E-state index contributed by atoms with van der Waals surface area (Å²) in [5.41, 5.74) is 5.37. The minimum atomic E-state index is -0.303. The number of rotatable bonds is 8. The highest BCUT2D eigenvalue weighted by Crippen LogP contribution is 1.97. The molecule has 0 aliphatic rings. The van der Waals surface area contributed by atoms with Crippen LogP contribution in [0, 0.1) is 5.92 Å². The average Bonchev–Trinajstić information content (AvgIpc) is 2.20. The van der Waals surface area contributed by atoms with Crippen molar-refractivity contribution in [2.45, 2.75) is 39.5 Å². The third-order valence-electron chi connectivity index (χ3n) is 1.95. The largest absolute Gasteiger partial charge is 0.449 e. The second-order valence-electron chi connectivity index (χ2n) is 4.12. The predicted molar refractivity (Wildman–Crippen MR) is 61.7 cm³/mol. The summed E-state index contributed by atoms with van der Waals surface area (Å²) in [7, 11) is 0. The summed E-state index contributed by atoms with van der Waals surface area (Å²) < 4.78 is 4.96. The molecule has 3 N–H and O–H groups in total. The van der Waals surface area contributed by atoms with Crippen LogP contribution in [0.2, 0.25) is 0 Å². The van der Waals surface area contributed by atoms with Gasteiger partial charge in [-0.25, -0.2) is 4.79 Å². The lowest BCUT2D eigenvalue weighted by molar-refractivity contribution is 0.133. The van der Waals surface area contributed by atoms with Gasteiger partial charge in [-0.3, -0.25) is 0 Å². The second kappa shape index (κ2) is 9.77. The molecule has 0 atom stereocenters. The van der Waals surface area contributed by atoms with Crippen LogP contribution in [0.15, 0.2) is 0 Å². The number of nitrogens with two attached hydrogens (primary N) is 1. The van der Waals surface area contributed by atoms with E-state index in [1.807, 2.05) is 13.8 Å². The Morgan fingerprint density at radius 2 is 1.93 bits per heavy atom. The molecule has 0 radical (unpaired) electrons. The fraction of sp³-hybridized carbons (Fsp3) is 0.909. The summed E-state index contributed by atoms with van der Waals surface area (Å²) >= 11 is 0. The number of hydrogen-bond acceptors (Lipinski definition) is 3. The van der Waals surface area contributed by atoms with Crippen LogP contribution in [0.3, 0.4) is 0 Å². The molecular weight excluding hydrogens is 192 g/mol. The molecule has 0 aromatic rings. The van der Waals surface area contributed by atoms with Gasteiger partial charge < -0.3 is 15.8 Å². The molecule has 0 aromatic carbocycles. The molecule has 0 bridgehead atoms. The Bertz CT molecular complexity index is 161. The third-order valence-corrected chi connectivity index (χ3v) is 1.95. The Kier molecular flexibility index (Phi) is 9.27. The molecule has 0 unspecified atom stereocenters. The monoisotopic (exact) mass is 216 g/mol. The highest BCUT2D eigenvalue weighted by atomic mass is 16.5. The van der Waals surface area contributed by atoms with Crippen LogP contribution in [-0.4, -0.2) is 25.8 Å². The van der Waals surface area contributed by atoms with Crippen molar-refractivity contribution in [2.24, 2.45) is 11.7 Å². The number of ether oxygens (including phenoxy) is 1. The molecule has 0 aromatic heterocycles. The number of unbranched alkanes of at least 4 members (excludes halogenated alkanes) is 3. The molecule has 0 aliphatic heterocycles. The van der Waals surface area contributed by atoms with Crippen LogP contribution in [0.1, 0.15) is 39.5 Å². The van der Waals surface area contributed by atoms with Gasteiger partial charge >= 0.3 is 6.09 Å². The molecule has 4 heteroatoms. The summed E-state index contributed by atoms with van der Waals surface area (Å²) in [5.74, 6) is 0.389. The number of carbonyl (C=O) groups excluding carboxylic acids is 1. The van der Waals surface area contributed by atoms with E-state index in [-0.39, 0.29) is 6.09 Å². The van der Waals surface area contributed by atoms with Gasteiger partial charge in [0, 0.05) is 6.54 Å². The van der Waals surface area contributed by atoms with E-state index in [0.717, 1.165) is 32.2 Å². The zero-order valence-electron chi connectivity index (χ0n) is 9.92. The molecule has 0 fully saturated rings. The van der Waals surface area contributed by atoms with E-state index in [9.17, 15) is 4.79 Å². The summed E-state index contributed by atoms with van der Waals surface area (Å²) in [6.07, 6.45) is 4.01. The predicted octanol–water partition coefficient (Wildman–Crippen LogP) is 1.89. The fourth-order valence-corrected chi connectivity index (χ4v) is 1.11. The van der Waals surface area contributed by atoms with Gasteiger partial charge in [-0.1, -0.05) is 26.7 Å². The van der Waals surface area contributed by atoms with Gasteiger partial charge in [-0.2, -0.15) is 0 Å². The molecule has 4 nitrogen and oxygen atoms in total. The maximum Gasteiger partial charge on any atom is 0.407 e. The van der Waals surface area contributed by atoms with E-state index < -0.39 is 0 Å². The van der Waals surface area contributed by atoms with E-state index in [4.69, 9.17) is 10.5 Å². The number of carbonyl (C=O) groups is 1. The molecular formula is C11H24N2O2. The fourth-order valence-electron chi connectivity index (χ4n) is 1.11. The van der Waals surface area contributed by atoms with Crippen LogP contribution >= 0.6 is 0 Å². The van der Waals surface area contributed by atoms with Crippen molar-refractivity contribution >= 4 is 6.09 Å². The van der Waals surface area contributed by atoms with Crippen molar-refractivity contribution in [3.8, 4) is 0 Å². The van der Waals surface area contributed by atoms with Crippen LogP contribution in [-0.2, 0) is 4.74 Å². The topological polar surface area (TPSA) is 64.3 Å². The first-order valence-electron chi connectivity index (χ1n) is 5.77. The maximum absolute atomic E-state index is 11.1. The van der Waals surface area contributed by atoms with Gasteiger partial charge in [-0.15, -0.1) is 0 Å². The van der Waals surface area contributed by atoms with Crippen molar-refractivity contribution in [1.82, 2.24) is 5.32 Å². The smallest absolute Gasteiger partial charge is 0.407 e. The first kappa shape index (κ1) is 14.2. The quantitative estimate of drug-likeness (QED) is 0.609. The lowest BCUT2D eigenvalue weighted by atomic mass is 10.2. The number of alkyl carbamates (subject to hydrolysis) is 1. The van der Waals surface area contributed by atoms with Crippen LogP contribution < -0.4 is 11.1 Å². The van der Waals surface area contributed by atoms with Crippen molar-refractivity contribution in [1.29, 1.82) is 0 Å². The Balaban J connectivity index is 3.17. The van der Waals surface area contributed by atoms with Crippen LogP contribution in [0.4, 0.5) is 4.79 Å². The minimum absolute atomic E-state index is 0.303. The molecule has 1 amide bonds.